The van der Waals surface area contributed by atoms with Gasteiger partial charge < -0.3 is 45.1 Å². The van der Waals surface area contributed by atoms with Gasteiger partial charge in [-0.05, 0) is 77.0 Å². The highest BCUT2D eigenvalue weighted by Gasteiger charge is 2.47. The maximum atomic E-state index is 13.3. The number of nitrogens with one attached hydrogen (secondary N) is 1. The van der Waals surface area contributed by atoms with E-state index in [9.17, 15) is 35.1 Å². The van der Waals surface area contributed by atoms with Crippen LogP contribution < -0.4 is 5.32 Å². The van der Waals surface area contributed by atoms with Crippen molar-refractivity contribution in [2.45, 2.75) is 250 Å². The molecule has 1 heterocycles. The van der Waals surface area contributed by atoms with Crippen molar-refractivity contribution in [1.82, 2.24) is 5.32 Å². The van der Waals surface area contributed by atoms with Gasteiger partial charge in [-0.15, -0.1) is 0 Å². The summed E-state index contributed by atoms with van der Waals surface area (Å²) < 4.78 is 17.5. The third kappa shape index (κ3) is 30.5. The number of aliphatic hydroxyl groups is 5. The summed E-state index contributed by atoms with van der Waals surface area (Å²) >= 11 is 0. The molecule has 1 amide bonds. The van der Waals surface area contributed by atoms with Gasteiger partial charge >= 0.3 is 5.97 Å². The van der Waals surface area contributed by atoms with Gasteiger partial charge in [0.2, 0.25) is 5.91 Å². The van der Waals surface area contributed by atoms with E-state index in [4.69, 9.17) is 14.2 Å². The van der Waals surface area contributed by atoms with Crippen molar-refractivity contribution in [3.8, 4) is 0 Å². The van der Waals surface area contributed by atoms with Crippen LogP contribution in [-0.2, 0) is 23.8 Å². The lowest BCUT2D eigenvalue weighted by Gasteiger charge is -2.41. The topological polar surface area (TPSA) is 175 Å². The molecule has 0 aromatic carbocycles. The lowest BCUT2D eigenvalue weighted by atomic mass is 9.99. The lowest BCUT2D eigenvalue weighted by molar-refractivity contribution is -0.305. The Kier molecular flexibility index (Phi) is 38.7. The number of esters is 1. The van der Waals surface area contributed by atoms with Gasteiger partial charge in [0.25, 0.3) is 0 Å². The summed E-state index contributed by atoms with van der Waals surface area (Å²) in [5, 5.41) is 56.4. The summed E-state index contributed by atoms with van der Waals surface area (Å²) in [6.45, 7) is 5.56. The Balaban J connectivity index is 2.80. The highest BCUT2D eigenvalue weighted by Crippen LogP contribution is 2.26. The van der Waals surface area contributed by atoms with Gasteiger partial charge in [-0.1, -0.05) is 178 Å². The molecule has 0 radical (unpaired) electrons. The van der Waals surface area contributed by atoms with Crippen LogP contribution in [0.15, 0.2) is 60.8 Å². The Morgan fingerprint density at radius 1 is 0.625 bits per heavy atom. The number of hydrogen-bond acceptors (Lipinski definition) is 10. The fraction of sp³-hybridized carbons (Fsp3) is 0.774. The van der Waals surface area contributed by atoms with Crippen molar-refractivity contribution in [1.29, 1.82) is 0 Å². The van der Waals surface area contributed by atoms with Crippen molar-refractivity contribution >= 4 is 11.9 Å². The Morgan fingerprint density at radius 2 is 1.14 bits per heavy atom. The van der Waals surface area contributed by atoms with Gasteiger partial charge in [0, 0.05) is 6.42 Å². The molecule has 0 aromatic heterocycles. The molecule has 1 rings (SSSR count). The summed E-state index contributed by atoms with van der Waals surface area (Å²) in [7, 11) is 0. The standard InChI is InChI=1S/C53H93NO10/c1-4-7-10-13-16-19-22-23-24-26-29-32-35-38-41-48(58)64-51-50(60)49(59)47(42-55)63-53(51)62-43-44(45(56)39-36-33-30-28-25-20-17-14-11-8-5-2)54-52(61)46(57)40-37-34-31-27-21-18-15-12-9-6-3/h7,10,15-16,18-19,23-24,36,39,44-47,49-51,53,55-57,59-60H,4-6,8-9,11-14,17,20-22,25-35,37-38,40-43H2,1-3H3,(H,54,61)/b10-7+,18-15-,19-16+,24-23+,39-36+. The summed E-state index contributed by atoms with van der Waals surface area (Å²) in [6, 6.07) is -1.03. The first-order valence-corrected chi connectivity index (χ1v) is 25.6. The minimum absolute atomic E-state index is 0.0949. The Labute approximate surface area is 388 Å². The van der Waals surface area contributed by atoms with Gasteiger partial charge in [-0.25, -0.2) is 0 Å². The molecular weight excluding hydrogens is 811 g/mol. The predicted octanol–water partition coefficient (Wildman–Crippen LogP) is 10.3. The van der Waals surface area contributed by atoms with E-state index in [1.54, 1.807) is 6.08 Å². The van der Waals surface area contributed by atoms with E-state index in [0.29, 0.717) is 12.8 Å². The van der Waals surface area contributed by atoms with Crippen molar-refractivity contribution in [3.05, 3.63) is 60.8 Å². The van der Waals surface area contributed by atoms with E-state index < -0.39 is 67.4 Å². The number of hydrogen-bond donors (Lipinski definition) is 6. The molecule has 6 N–H and O–H groups in total. The average molecular weight is 904 g/mol. The second-order valence-corrected chi connectivity index (χ2v) is 17.5. The average Bonchev–Trinajstić information content (AvgIpc) is 3.29. The molecule has 0 bridgehead atoms. The molecule has 370 valence electrons. The molecule has 8 unspecified atom stereocenters. The predicted molar refractivity (Wildman–Crippen MR) is 260 cm³/mol. The van der Waals surface area contributed by atoms with Crippen LogP contribution in [0.5, 0.6) is 0 Å². The first kappa shape index (κ1) is 59.4. The van der Waals surface area contributed by atoms with Crippen LogP contribution in [0.1, 0.15) is 201 Å². The van der Waals surface area contributed by atoms with Gasteiger partial charge in [0.1, 0.15) is 24.4 Å². The van der Waals surface area contributed by atoms with Crippen molar-refractivity contribution in [2.75, 3.05) is 13.2 Å². The molecule has 11 heteroatoms. The number of carbonyl (C=O) groups is 2. The molecule has 1 aliphatic rings. The number of allylic oxidation sites excluding steroid dienone is 9. The number of unbranched alkanes of at least 4 members (excludes halogenated alkanes) is 19. The molecule has 0 spiro atoms. The van der Waals surface area contributed by atoms with E-state index in [-0.39, 0.29) is 19.4 Å². The minimum Gasteiger partial charge on any atom is -0.454 e. The van der Waals surface area contributed by atoms with E-state index in [2.05, 4.69) is 74.7 Å². The number of rotatable bonds is 41. The maximum Gasteiger partial charge on any atom is 0.306 e. The van der Waals surface area contributed by atoms with Crippen molar-refractivity contribution in [2.24, 2.45) is 0 Å². The number of ether oxygens (including phenoxy) is 3. The quantitative estimate of drug-likeness (QED) is 0.0197. The highest BCUT2D eigenvalue weighted by molar-refractivity contribution is 5.80. The maximum absolute atomic E-state index is 13.3. The van der Waals surface area contributed by atoms with Crippen LogP contribution in [0, 0.1) is 0 Å². The Morgan fingerprint density at radius 3 is 1.75 bits per heavy atom. The first-order valence-electron chi connectivity index (χ1n) is 25.6. The Hall–Kier alpha value is -2.64. The molecule has 0 aliphatic carbocycles. The van der Waals surface area contributed by atoms with Crippen LogP contribution in [-0.4, -0.2) is 99.6 Å². The molecule has 1 saturated heterocycles. The van der Waals surface area contributed by atoms with Gasteiger partial charge in [0.05, 0.1) is 25.4 Å². The second kappa shape index (κ2) is 41.8. The third-order valence-electron chi connectivity index (χ3n) is 11.7. The zero-order valence-corrected chi connectivity index (χ0v) is 40.4. The molecule has 1 aliphatic heterocycles. The molecule has 0 saturated carbocycles. The molecule has 1 fully saturated rings. The van der Waals surface area contributed by atoms with E-state index in [1.165, 1.54) is 57.8 Å². The smallest absolute Gasteiger partial charge is 0.306 e. The monoisotopic (exact) mass is 904 g/mol. The zero-order valence-electron chi connectivity index (χ0n) is 40.4. The lowest BCUT2D eigenvalue weighted by Crippen LogP contribution is -2.61. The van der Waals surface area contributed by atoms with Crippen LogP contribution in [0.3, 0.4) is 0 Å². The summed E-state index contributed by atoms with van der Waals surface area (Å²) in [5.74, 6) is -1.23. The molecule has 11 nitrogen and oxygen atoms in total. The summed E-state index contributed by atoms with van der Waals surface area (Å²) in [4.78, 5) is 26.3. The summed E-state index contributed by atoms with van der Waals surface area (Å²) in [5.41, 5.74) is 0. The number of amides is 1. The van der Waals surface area contributed by atoms with Crippen LogP contribution >= 0.6 is 0 Å². The van der Waals surface area contributed by atoms with E-state index in [1.807, 2.05) is 6.08 Å². The molecular formula is C53H93NO10. The largest absolute Gasteiger partial charge is 0.454 e. The fourth-order valence-corrected chi connectivity index (χ4v) is 7.53. The van der Waals surface area contributed by atoms with Gasteiger partial charge in [-0.3, -0.25) is 9.59 Å². The van der Waals surface area contributed by atoms with Crippen molar-refractivity contribution in [3.63, 3.8) is 0 Å². The fourth-order valence-electron chi connectivity index (χ4n) is 7.53. The number of carbonyl (C=O) groups excluding carboxylic acids is 2. The SMILES string of the molecule is CC/C=C/C/C=C/C/C=C/CCCCCCC(=O)OC1C(OCC(NC(=O)C(O)CCCCCC/C=C\CCCC)C(O)/C=C/CCCCCCCCCCC)OC(CO)C(O)C1O. The van der Waals surface area contributed by atoms with Crippen LogP contribution in [0.2, 0.25) is 0 Å². The normalized spacial score (nSPS) is 20.9. The molecule has 0 aromatic rings. The van der Waals surface area contributed by atoms with E-state index >= 15 is 0 Å². The highest BCUT2D eigenvalue weighted by atomic mass is 16.7. The third-order valence-corrected chi connectivity index (χ3v) is 11.7. The Bertz CT molecular complexity index is 1270. The summed E-state index contributed by atoms with van der Waals surface area (Å²) in [6.07, 6.45) is 38.5. The van der Waals surface area contributed by atoms with Gasteiger partial charge in [0.15, 0.2) is 12.4 Å². The van der Waals surface area contributed by atoms with Crippen molar-refractivity contribution < 1.29 is 49.3 Å². The van der Waals surface area contributed by atoms with Crippen LogP contribution in [0.4, 0.5) is 0 Å². The van der Waals surface area contributed by atoms with Gasteiger partial charge in [-0.2, -0.15) is 0 Å². The zero-order chi connectivity index (χ0) is 46.9. The number of aliphatic hydroxyl groups excluding tert-OH is 5. The first-order chi connectivity index (χ1) is 31.2. The van der Waals surface area contributed by atoms with Crippen LogP contribution in [0.25, 0.3) is 0 Å². The molecule has 8 atom stereocenters. The second-order valence-electron chi connectivity index (χ2n) is 17.5. The molecule has 64 heavy (non-hydrogen) atoms. The minimum atomic E-state index is -1.62. The van der Waals surface area contributed by atoms with E-state index in [0.717, 1.165) is 96.3 Å².